The summed E-state index contributed by atoms with van der Waals surface area (Å²) in [5.74, 6) is -0.579. The molecule has 0 spiro atoms. The summed E-state index contributed by atoms with van der Waals surface area (Å²) in [6, 6.07) is 0. The highest BCUT2D eigenvalue weighted by molar-refractivity contribution is 7.47. The second-order valence-corrected chi connectivity index (χ2v) is 29.3. The average molecular weight is 1330 g/mol. The van der Waals surface area contributed by atoms with Crippen molar-refractivity contribution in [2.45, 2.75) is 381 Å². The van der Waals surface area contributed by atoms with Crippen LogP contribution in [0.25, 0.3) is 0 Å². The first-order valence-corrected chi connectivity index (χ1v) is 40.0. The summed E-state index contributed by atoms with van der Waals surface area (Å²) in [5.41, 5.74) is 0. The highest BCUT2D eigenvalue weighted by Crippen LogP contribution is 2.45. The molecule has 0 fully saturated rings. The van der Waals surface area contributed by atoms with Gasteiger partial charge in [-0.15, -0.1) is 0 Å². The van der Waals surface area contributed by atoms with Gasteiger partial charge in [0.05, 0.1) is 26.4 Å². The zero-order chi connectivity index (χ0) is 66.5. The van der Waals surface area contributed by atoms with Crippen molar-refractivity contribution in [1.29, 1.82) is 0 Å². The molecule has 0 aliphatic heterocycles. The van der Waals surface area contributed by atoms with Crippen molar-refractivity contribution < 1.29 is 80.2 Å². The van der Waals surface area contributed by atoms with Crippen molar-refractivity contribution in [3.63, 3.8) is 0 Å². The molecule has 6 atom stereocenters. The lowest BCUT2D eigenvalue weighted by atomic mass is 9.99. The highest BCUT2D eigenvalue weighted by Gasteiger charge is 2.30. The fourth-order valence-electron chi connectivity index (χ4n) is 10.7. The minimum Gasteiger partial charge on any atom is -0.462 e. The van der Waals surface area contributed by atoms with E-state index in [1.165, 1.54) is 173 Å². The summed E-state index contributed by atoms with van der Waals surface area (Å²) in [6.45, 7) is 9.54. The second kappa shape index (κ2) is 63.1. The van der Waals surface area contributed by atoms with E-state index < -0.39 is 97.5 Å². The van der Waals surface area contributed by atoms with Gasteiger partial charge in [-0.05, 0) is 37.5 Å². The van der Waals surface area contributed by atoms with Crippen molar-refractivity contribution in [1.82, 2.24) is 0 Å². The van der Waals surface area contributed by atoms with Crippen molar-refractivity contribution in [2.75, 3.05) is 39.6 Å². The van der Waals surface area contributed by atoms with Crippen LogP contribution < -0.4 is 0 Å². The molecule has 0 bridgehead atoms. The fourth-order valence-corrected chi connectivity index (χ4v) is 12.3. The molecule has 0 aliphatic rings. The van der Waals surface area contributed by atoms with Gasteiger partial charge in [-0.2, -0.15) is 0 Å². The van der Waals surface area contributed by atoms with Gasteiger partial charge < -0.3 is 33.8 Å². The van der Waals surface area contributed by atoms with E-state index >= 15 is 0 Å². The minimum atomic E-state index is -4.95. The van der Waals surface area contributed by atoms with Crippen LogP contribution in [0.4, 0.5) is 0 Å². The first-order chi connectivity index (χ1) is 43.4. The molecule has 3 unspecified atom stereocenters. The van der Waals surface area contributed by atoms with E-state index in [2.05, 4.69) is 41.5 Å². The van der Waals surface area contributed by atoms with Crippen LogP contribution in [0.1, 0.15) is 363 Å². The minimum absolute atomic E-state index is 0.105. The molecule has 0 saturated heterocycles. The number of aliphatic hydroxyl groups excluding tert-OH is 1. The van der Waals surface area contributed by atoms with Gasteiger partial charge in [0.15, 0.2) is 12.2 Å². The Morgan fingerprint density at radius 3 is 0.844 bits per heavy atom. The maximum atomic E-state index is 13.0. The van der Waals surface area contributed by atoms with Crippen molar-refractivity contribution in [3.05, 3.63) is 0 Å². The Balaban J connectivity index is 5.23. The molecule has 0 aliphatic carbocycles. The van der Waals surface area contributed by atoms with Crippen molar-refractivity contribution in [2.24, 2.45) is 11.8 Å². The molecule has 17 nitrogen and oxygen atoms in total. The highest BCUT2D eigenvalue weighted by atomic mass is 31.2. The van der Waals surface area contributed by atoms with Crippen molar-refractivity contribution in [3.8, 4) is 0 Å². The topological polar surface area (TPSA) is 237 Å². The molecule has 0 radical (unpaired) electrons. The normalized spacial score (nSPS) is 14.4. The number of carbonyl (C=O) groups excluding carboxylic acids is 4. The number of ether oxygens (including phenoxy) is 4. The predicted molar refractivity (Wildman–Crippen MR) is 363 cm³/mol. The van der Waals surface area contributed by atoms with Gasteiger partial charge in [0, 0.05) is 25.7 Å². The number of carbonyl (C=O) groups is 4. The zero-order valence-electron chi connectivity index (χ0n) is 58.4. The molecule has 0 amide bonds. The number of phosphoric acid groups is 2. The molecule has 90 heavy (non-hydrogen) atoms. The van der Waals surface area contributed by atoms with E-state index in [-0.39, 0.29) is 25.7 Å². The Morgan fingerprint density at radius 1 is 0.322 bits per heavy atom. The Morgan fingerprint density at radius 2 is 0.567 bits per heavy atom. The number of rotatable bonds is 70. The number of unbranched alkanes of at least 4 members (excludes halogenated alkanes) is 39. The molecule has 3 N–H and O–H groups in total. The Hall–Kier alpha value is -1.94. The van der Waals surface area contributed by atoms with E-state index in [0.29, 0.717) is 25.7 Å². The molecule has 0 heterocycles. The summed E-state index contributed by atoms with van der Waals surface area (Å²) >= 11 is 0. The Bertz CT molecular complexity index is 1750. The number of hydrogen-bond donors (Lipinski definition) is 3. The molecule has 0 aromatic heterocycles. The number of esters is 4. The summed E-state index contributed by atoms with van der Waals surface area (Å²) in [6.07, 6.45) is 48.5. The molecular formula is C71H138O17P2. The molecule has 0 aromatic carbocycles. The maximum Gasteiger partial charge on any atom is 0.472 e. The van der Waals surface area contributed by atoms with Crippen LogP contribution in [0.5, 0.6) is 0 Å². The Labute approximate surface area is 549 Å². The van der Waals surface area contributed by atoms with Gasteiger partial charge in [0.2, 0.25) is 0 Å². The van der Waals surface area contributed by atoms with Crippen LogP contribution in [-0.4, -0.2) is 96.7 Å². The lowest BCUT2D eigenvalue weighted by molar-refractivity contribution is -0.161. The van der Waals surface area contributed by atoms with Gasteiger partial charge in [0.25, 0.3) is 0 Å². The number of aliphatic hydroxyl groups is 1. The van der Waals surface area contributed by atoms with Gasteiger partial charge in [-0.3, -0.25) is 37.3 Å². The summed E-state index contributed by atoms with van der Waals surface area (Å²) in [4.78, 5) is 72.5. The molecule has 0 saturated carbocycles. The molecule has 534 valence electrons. The first kappa shape index (κ1) is 88.1. The van der Waals surface area contributed by atoms with Crippen LogP contribution in [0.15, 0.2) is 0 Å². The van der Waals surface area contributed by atoms with E-state index in [0.717, 1.165) is 108 Å². The maximum absolute atomic E-state index is 13.0. The molecular weight excluding hydrogens is 1190 g/mol. The largest absolute Gasteiger partial charge is 0.472 e. The van der Waals surface area contributed by atoms with Crippen LogP contribution in [-0.2, 0) is 65.4 Å². The third-order valence-electron chi connectivity index (χ3n) is 16.8. The quantitative estimate of drug-likeness (QED) is 0.0222. The molecule has 0 aromatic rings. The van der Waals surface area contributed by atoms with E-state index in [9.17, 15) is 43.2 Å². The third kappa shape index (κ3) is 63.5. The Kier molecular flexibility index (Phi) is 61.8. The molecule has 0 rings (SSSR count). The predicted octanol–water partition coefficient (Wildman–Crippen LogP) is 20.4. The van der Waals surface area contributed by atoms with E-state index in [4.69, 9.17) is 37.0 Å². The SMILES string of the molecule is CCCCCCCCCCCCCCCCCC(=O)OC[C@H](COP(=O)(O)OC[C@@H](O)COP(=O)(O)OC[C@@H](COC(=O)CCCCCCCCCC)OC(=O)CCCCCCCCCCC(C)CC)OC(=O)CCCCCCCCCCCCCCC(C)C. The van der Waals surface area contributed by atoms with Crippen molar-refractivity contribution >= 4 is 39.5 Å². The third-order valence-corrected chi connectivity index (χ3v) is 18.7. The first-order valence-electron chi connectivity index (χ1n) is 37.0. The number of phosphoric ester groups is 2. The lowest BCUT2D eigenvalue weighted by Crippen LogP contribution is -2.30. The van der Waals surface area contributed by atoms with Crippen LogP contribution in [0.3, 0.4) is 0 Å². The fraction of sp³-hybridized carbons (Fsp3) is 0.944. The van der Waals surface area contributed by atoms with E-state index in [1.54, 1.807) is 0 Å². The van der Waals surface area contributed by atoms with Crippen LogP contribution in [0, 0.1) is 11.8 Å². The summed E-state index contributed by atoms with van der Waals surface area (Å²) in [7, 11) is -9.90. The summed E-state index contributed by atoms with van der Waals surface area (Å²) < 4.78 is 68.3. The van der Waals surface area contributed by atoms with Crippen LogP contribution in [0.2, 0.25) is 0 Å². The van der Waals surface area contributed by atoms with Crippen LogP contribution >= 0.6 is 15.6 Å². The van der Waals surface area contributed by atoms with Gasteiger partial charge in [0.1, 0.15) is 19.3 Å². The van der Waals surface area contributed by atoms with Gasteiger partial charge in [-0.25, -0.2) is 9.13 Å². The lowest BCUT2D eigenvalue weighted by Gasteiger charge is -2.21. The van der Waals surface area contributed by atoms with Gasteiger partial charge >= 0.3 is 39.5 Å². The molecule has 19 heteroatoms. The second-order valence-electron chi connectivity index (χ2n) is 26.3. The summed E-state index contributed by atoms with van der Waals surface area (Å²) in [5, 5.41) is 10.6. The van der Waals surface area contributed by atoms with E-state index in [1.807, 2.05) is 0 Å². The monoisotopic (exact) mass is 1320 g/mol. The van der Waals surface area contributed by atoms with Gasteiger partial charge in [-0.1, -0.05) is 311 Å². The standard InChI is InChI=1S/C71H138O17P2/c1-7-10-12-14-16-18-19-20-21-22-26-29-36-42-48-54-69(74)82-60-67(87-70(75)55-49-43-37-30-27-24-23-25-28-33-39-45-51-63(4)5)62-86-90(79,80)84-58-65(72)57-83-89(77,78)85-61-66(59-81-68(73)53-47-41-35-17-15-13-11-8-2)88-71(76)56-50-44-38-32-31-34-40-46-52-64(6)9-3/h63-67,72H,7-62H2,1-6H3,(H,77,78)(H,79,80)/t64?,65-,66+,67+/m0/s1. The smallest absolute Gasteiger partial charge is 0.462 e. The zero-order valence-corrected chi connectivity index (χ0v) is 60.2. The number of hydrogen-bond acceptors (Lipinski definition) is 15. The average Bonchev–Trinajstić information content (AvgIpc) is 3.67.